The summed E-state index contributed by atoms with van der Waals surface area (Å²) < 4.78 is 27.8. The molecule has 0 aliphatic heterocycles. The third kappa shape index (κ3) is 4.20. The van der Waals surface area contributed by atoms with Crippen LogP contribution in [0.1, 0.15) is 12.8 Å². The molecule has 90 valence electrons. The van der Waals surface area contributed by atoms with E-state index in [1.54, 1.807) is 24.3 Å². The van der Waals surface area contributed by atoms with Crippen LogP contribution < -0.4 is 10.5 Å². The van der Waals surface area contributed by atoms with Crippen LogP contribution in [0.2, 0.25) is 0 Å². The monoisotopic (exact) mass is 243 g/mol. The molecule has 4 nitrogen and oxygen atoms in total. The second kappa shape index (κ2) is 5.86. The lowest BCUT2D eigenvalue weighted by Crippen LogP contribution is -2.03. The van der Waals surface area contributed by atoms with Crippen molar-refractivity contribution in [2.75, 3.05) is 19.4 Å². The first kappa shape index (κ1) is 13.0. The lowest BCUT2D eigenvalue weighted by Gasteiger charge is -2.06. The average molecular weight is 243 g/mol. The van der Waals surface area contributed by atoms with E-state index in [-0.39, 0.29) is 0 Å². The van der Waals surface area contributed by atoms with Gasteiger partial charge in [-0.15, -0.1) is 0 Å². The molecule has 0 atom stereocenters. The Hall–Kier alpha value is -1.07. The van der Waals surface area contributed by atoms with Crippen molar-refractivity contribution in [3.05, 3.63) is 24.3 Å². The van der Waals surface area contributed by atoms with E-state index in [1.165, 1.54) is 6.26 Å². The first-order chi connectivity index (χ1) is 7.54. The molecule has 0 aliphatic carbocycles. The maximum absolute atomic E-state index is 11.2. The third-order valence-electron chi connectivity index (χ3n) is 2.12. The Bertz CT molecular complexity index is 411. The lowest BCUT2D eigenvalue weighted by molar-refractivity contribution is 0.307. The van der Waals surface area contributed by atoms with Gasteiger partial charge in [-0.3, -0.25) is 0 Å². The van der Waals surface area contributed by atoms with Gasteiger partial charge in [0.1, 0.15) is 5.75 Å². The Balaban J connectivity index is 2.52. The van der Waals surface area contributed by atoms with Gasteiger partial charge in [0.25, 0.3) is 0 Å². The molecule has 0 spiro atoms. The molecule has 16 heavy (non-hydrogen) atoms. The fraction of sp³-hybridized carbons (Fsp3) is 0.455. The summed E-state index contributed by atoms with van der Waals surface area (Å²) in [6.07, 6.45) is 3.02. The molecule has 0 saturated carbocycles. The van der Waals surface area contributed by atoms with Crippen LogP contribution in [-0.2, 0) is 9.84 Å². The molecule has 1 aromatic rings. The van der Waals surface area contributed by atoms with Crippen molar-refractivity contribution in [2.45, 2.75) is 17.7 Å². The zero-order valence-electron chi connectivity index (χ0n) is 9.35. The summed E-state index contributed by atoms with van der Waals surface area (Å²) in [5.74, 6) is 0.685. The van der Waals surface area contributed by atoms with Gasteiger partial charge in [-0.2, -0.15) is 0 Å². The smallest absolute Gasteiger partial charge is 0.175 e. The molecule has 1 aromatic carbocycles. The van der Waals surface area contributed by atoms with Gasteiger partial charge in [-0.05, 0) is 43.7 Å². The van der Waals surface area contributed by atoms with Crippen molar-refractivity contribution in [2.24, 2.45) is 5.73 Å². The second-order valence-corrected chi connectivity index (χ2v) is 5.60. The molecule has 0 aliphatic rings. The second-order valence-electron chi connectivity index (χ2n) is 3.59. The quantitative estimate of drug-likeness (QED) is 0.762. The van der Waals surface area contributed by atoms with E-state index in [9.17, 15) is 8.42 Å². The standard InChI is InChI=1S/C11H17NO3S/c1-16(13,14)11-6-4-10(5-7-11)15-9-3-2-8-12/h4-7H,2-3,8-9,12H2,1H3. The fourth-order valence-electron chi connectivity index (χ4n) is 1.22. The minimum absolute atomic E-state index is 0.307. The Morgan fingerprint density at radius 3 is 2.31 bits per heavy atom. The Morgan fingerprint density at radius 2 is 1.81 bits per heavy atom. The van der Waals surface area contributed by atoms with Crippen LogP contribution in [-0.4, -0.2) is 27.8 Å². The van der Waals surface area contributed by atoms with Crippen molar-refractivity contribution >= 4 is 9.84 Å². The minimum atomic E-state index is -3.12. The minimum Gasteiger partial charge on any atom is -0.494 e. The van der Waals surface area contributed by atoms with Crippen LogP contribution in [0.5, 0.6) is 5.75 Å². The summed E-state index contributed by atoms with van der Waals surface area (Å²) in [4.78, 5) is 0.307. The van der Waals surface area contributed by atoms with E-state index < -0.39 is 9.84 Å². The number of sulfone groups is 1. The molecule has 0 amide bonds. The fourth-order valence-corrected chi connectivity index (χ4v) is 1.85. The highest BCUT2D eigenvalue weighted by atomic mass is 32.2. The third-order valence-corrected chi connectivity index (χ3v) is 3.25. The normalized spacial score (nSPS) is 11.4. The van der Waals surface area contributed by atoms with Gasteiger partial charge in [0.05, 0.1) is 11.5 Å². The van der Waals surface area contributed by atoms with Crippen LogP contribution in [0.4, 0.5) is 0 Å². The van der Waals surface area contributed by atoms with Crippen molar-refractivity contribution in [1.82, 2.24) is 0 Å². The molecular formula is C11H17NO3S. The van der Waals surface area contributed by atoms with Crippen molar-refractivity contribution < 1.29 is 13.2 Å². The number of nitrogens with two attached hydrogens (primary N) is 1. The molecule has 2 N–H and O–H groups in total. The molecule has 5 heteroatoms. The zero-order chi connectivity index (χ0) is 12.0. The summed E-state index contributed by atoms with van der Waals surface area (Å²) in [6, 6.07) is 6.43. The summed E-state index contributed by atoms with van der Waals surface area (Å²) in [5, 5.41) is 0. The number of hydrogen-bond acceptors (Lipinski definition) is 4. The van der Waals surface area contributed by atoms with Crippen LogP contribution in [0.3, 0.4) is 0 Å². The van der Waals surface area contributed by atoms with Gasteiger partial charge in [0, 0.05) is 6.26 Å². The van der Waals surface area contributed by atoms with E-state index >= 15 is 0 Å². The number of rotatable bonds is 6. The highest BCUT2D eigenvalue weighted by Crippen LogP contribution is 2.15. The summed E-state index contributed by atoms with van der Waals surface area (Å²) >= 11 is 0. The van der Waals surface area contributed by atoms with Crippen LogP contribution in [0.25, 0.3) is 0 Å². The molecule has 0 fully saturated rings. The Morgan fingerprint density at radius 1 is 1.19 bits per heavy atom. The molecular weight excluding hydrogens is 226 g/mol. The summed E-state index contributed by atoms with van der Waals surface area (Å²) in [7, 11) is -3.12. The van der Waals surface area contributed by atoms with E-state index in [0.29, 0.717) is 23.8 Å². The SMILES string of the molecule is CS(=O)(=O)c1ccc(OCCCCN)cc1. The number of benzene rings is 1. The van der Waals surface area contributed by atoms with E-state index in [0.717, 1.165) is 12.8 Å². The van der Waals surface area contributed by atoms with Crippen molar-refractivity contribution in [3.8, 4) is 5.75 Å². The topological polar surface area (TPSA) is 69.4 Å². The number of unbranched alkanes of at least 4 members (excludes halogenated alkanes) is 1. The lowest BCUT2D eigenvalue weighted by atomic mass is 10.3. The summed E-state index contributed by atoms with van der Waals surface area (Å²) in [5.41, 5.74) is 5.35. The Kier molecular flexibility index (Phi) is 4.76. The maximum Gasteiger partial charge on any atom is 0.175 e. The average Bonchev–Trinajstić information content (AvgIpc) is 2.24. The van der Waals surface area contributed by atoms with Gasteiger partial charge < -0.3 is 10.5 Å². The molecule has 0 radical (unpaired) electrons. The van der Waals surface area contributed by atoms with E-state index in [1.807, 2.05) is 0 Å². The van der Waals surface area contributed by atoms with Crippen LogP contribution in [0, 0.1) is 0 Å². The zero-order valence-corrected chi connectivity index (χ0v) is 10.2. The molecule has 0 bridgehead atoms. The molecule has 0 unspecified atom stereocenters. The van der Waals surface area contributed by atoms with Gasteiger partial charge in [-0.25, -0.2) is 8.42 Å². The number of ether oxygens (including phenoxy) is 1. The van der Waals surface area contributed by atoms with E-state index in [2.05, 4.69) is 0 Å². The van der Waals surface area contributed by atoms with Gasteiger partial charge in [0.15, 0.2) is 9.84 Å². The predicted octanol–water partition coefficient (Wildman–Crippen LogP) is 1.21. The number of hydrogen-bond donors (Lipinski definition) is 1. The molecule has 0 heterocycles. The first-order valence-corrected chi connectivity index (χ1v) is 7.06. The van der Waals surface area contributed by atoms with Gasteiger partial charge in [-0.1, -0.05) is 0 Å². The summed E-state index contributed by atoms with van der Waals surface area (Å²) in [6.45, 7) is 1.27. The highest BCUT2D eigenvalue weighted by molar-refractivity contribution is 7.90. The molecule has 1 rings (SSSR count). The van der Waals surface area contributed by atoms with Crippen molar-refractivity contribution in [1.29, 1.82) is 0 Å². The largest absolute Gasteiger partial charge is 0.494 e. The van der Waals surface area contributed by atoms with E-state index in [4.69, 9.17) is 10.5 Å². The van der Waals surface area contributed by atoms with Gasteiger partial charge in [0.2, 0.25) is 0 Å². The van der Waals surface area contributed by atoms with Crippen LogP contribution >= 0.6 is 0 Å². The predicted molar refractivity (Wildman–Crippen MR) is 63.3 cm³/mol. The maximum atomic E-state index is 11.2. The first-order valence-electron chi connectivity index (χ1n) is 5.17. The van der Waals surface area contributed by atoms with Crippen LogP contribution in [0.15, 0.2) is 29.2 Å². The Labute approximate surface area is 96.3 Å². The highest BCUT2D eigenvalue weighted by Gasteiger charge is 2.05. The molecule has 0 saturated heterocycles. The van der Waals surface area contributed by atoms with Crippen molar-refractivity contribution in [3.63, 3.8) is 0 Å². The van der Waals surface area contributed by atoms with Gasteiger partial charge >= 0.3 is 0 Å². The molecule has 0 aromatic heterocycles.